The molecule has 1 spiro atoms. The number of carbonyl (C=O) groups is 1. The van der Waals surface area contributed by atoms with Crippen molar-refractivity contribution < 1.29 is 9.53 Å². The van der Waals surface area contributed by atoms with Gasteiger partial charge in [0.2, 0.25) is 5.69 Å². The molecule has 1 aromatic carbocycles. The van der Waals surface area contributed by atoms with E-state index in [0.717, 1.165) is 24.8 Å². The minimum Gasteiger partial charge on any atom is -0.489 e. The maximum Gasteiger partial charge on any atom is 0.253 e. The van der Waals surface area contributed by atoms with E-state index in [1.165, 1.54) is 58.4 Å². The number of anilines is 1. The Kier molecular flexibility index (Phi) is 8.12. The Morgan fingerprint density at radius 1 is 1.12 bits per heavy atom. The summed E-state index contributed by atoms with van der Waals surface area (Å²) in [5, 5.41) is 7.13. The fourth-order valence-electron chi connectivity index (χ4n) is 8.50. The van der Waals surface area contributed by atoms with Crippen LogP contribution < -0.4 is 20.3 Å². The normalized spacial score (nSPS) is 26.2. The lowest BCUT2D eigenvalue weighted by Gasteiger charge is -2.63. The van der Waals surface area contributed by atoms with E-state index in [-0.39, 0.29) is 28.9 Å². The van der Waals surface area contributed by atoms with Gasteiger partial charge in [0, 0.05) is 55.8 Å². The molecule has 2 aromatic rings. The third kappa shape index (κ3) is 5.84. The van der Waals surface area contributed by atoms with Gasteiger partial charge in [0.05, 0.1) is 17.2 Å². The van der Waals surface area contributed by atoms with Gasteiger partial charge in [-0.2, -0.15) is 0 Å². The number of likely N-dealkylation sites (tertiary alicyclic amines) is 1. The zero-order valence-electron chi connectivity index (χ0n) is 26.0. The summed E-state index contributed by atoms with van der Waals surface area (Å²) in [6, 6.07) is 8.96. The number of nitrogens with one attached hydrogen (secondary N) is 2. The number of piperidine rings is 2. The number of pyridine rings is 1. The summed E-state index contributed by atoms with van der Waals surface area (Å²) in [6.45, 7) is 23.8. The standard InChI is InChI=1S/C34H45ClN6O2/c1-32(2)30(33(3,4)31(32)43-25-7-8-27(36-5)26(35)18-25)39-29(42)24-6-9-28(38-19-24)41-16-12-34(13-17-41)21-40(22-34)20-23-10-14-37-15-11-23/h6-9,18-19,23,30-31,37H,10-17,20-22H2,1-4H3,(H,39,42). The summed E-state index contributed by atoms with van der Waals surface area (Å²) in [7, 11) is 0. The number of carbonyl (C=O) groups excluding carboxylic acids is 1. The molecule has 4 heterocycles. The Hall–Kier alpha value is -2.86. The van der Waals surface area contributed by atoms with E-state index in [1.807, 2.05) is 12.1 Å². The van der Waals surface area contributed by atoms with Crippen LogP contribution in [0.5, 0.6) is 5.75 Å². The molecular weight excluding hydrogens is 560 g/mol. The van der Waals surface area contributed by atoms with E-state index in [4.69, 9.17) is 27.9 Å². The van der Waals surface area contributed by atoms with Gasteiger partial charge in [0.15, 0.2) is 0 Å². The summed E-state index contributed by atoms with van der Waals surface area (Å²) >= 11 is 6.24. The number of rotatable bonds is 7. The molecule has 0 bridgehead atoms. The summed E-state index contributed by atoms with van der Waals surface area (Å²) in [5.74, 6) is 2.33. The Labute approximate surface area is 261 Å². The molecule has 3 aliphatic heterocycles. The molecule has 0 radical (unpaired) electrons. The van der Waals surface area contributed by atoms with E-state index >= 15 is 0 Å². The first-order valence-electron chi connectivity index (χ1n) is 15.8. The first-order chi connectivity index (χ1) is 20.5. The first-order valence-corrected chi connectivity index (χ1v) is 16.2. The maximum atomic E-state index is 13.3. The van der Waals surface area contributed by atoms with Crippen molar-refractivity contribution >= 4 is 29.0 Å². The molecule has 4 aliphatic rings. The van der Waals surface area contributed by atoms with Gasteiger partial charge in [0.1, 0.15) is 17.7 Å². The highest BCUT2D eigenvalue weighted by atomic mass is 35.5. The number of hydrogen-bond acceptors (Lipinski definition) is 6. The van der Waals surface area contributed by atoms with Crippen molar-refractivity contribution in [2.24, 2.45) is 22.2 Å². The van der Waals surface area contributed by atoms with Gasteiger partial charge in [-0.1, -0.05) is 45.4 Å². The highest BCUT2D eigenvalue weighted by Crippen LogP contribution is 2.55. The number of amides is 1. The molecule has 0 unspecified atom stereocenters. The fraction of sp³-hybridized carbons (Fsp3) is 0.618. The molecule has 2 N–H and O–H groups in total. The number of benzene rings is 1. The van der Waals surface area contributed by atoms with Crippen LogP contribution in [0.3, 0.4) is 0 Å². The SMILES string of the molecule is [C-]#[N+]c1ccc(OC2C(C)(C)C(NC(=O)c3ccc(N4CCC5(CC4)CN(CC4CCNCC4)C5)nc3)C2(C)C)cc1Cl. The molecule has 1 amide bonds. The molecule has 1 aromatic heterocycles. The predicted octanol–water partition coefficient (Wildman–Crippen LogP) is 5.80. The van der Waals surface area contributed by atoms with E-state index in [2.05, 4.69) is 53.0 Å². The lowest BCUT2D eigenvalue weighted by molar-refractivity contribution is -0.164. The molecule has 9 heteroatoms. The van der Waals surface area contributed by atoms with Crippen LogP contribution in [0.1, 0.15) is 63.7 Å². The second kappa shape index (κ2) is 11.6. The van der Waals surface area contributed by atoms with Crippen LogP contribution in [-0.4, -0.2) is 73.8 Å². The lowest BCUT2D eigenvalue weighted by atomic mass is 9.49. The monoisotopic (exact) mass is 604 g/mol. The Balaban J connectivity index is 1.00. The van der Waals surface area contributed by atoms with E-state index in [0.29, 0.717) is 27.4 Å². The largest absolute Gasteiger partial charge is 0.489 e. The first kappa shape index (κ1) is 30.2. The van der Waals surface area contributed by atoms with E-state index in [1.54, 1.807) is 24.4 Å². The zero-order chi connectivity index (χ0) is 30.4. The molecule has 3 saturated heterocycles. The summed E-state index contributed by atoms with van der Waals surface area (Å²) < 4.78 is 6.37. The maximum absolute atomic E-state index is 13.3. The molecule has 6 rings (SSSR count). The topological polar surface area (TPSA) is 74.1 Å². The minimum absolute atomic E-state index is 0.0923. The van der Waals surface area contributed by atoms with Crippen LogP contribution in [0.4, 0.5) is 11.5 Å². The van der Waals surface area contributed by atoms with Gasteiger partial charge in [-0.15, -0.1) is 0 Å². The lowest BCUT2D eigenvalue weighted by Crippen LogP contribution is -2.74. The molecule has 230 valence electrons. The Morgan fingerprint density at radius 2 is 1.81 bits per heavy atom. The van der Waals surface area contributed by atoms with Crippen LogP contribution in [0.2, 0.25) is 5.02 Å². The Bertz CT molecular complexity index is 1350. The van der Waals surface area contributed by atoms with Crippen LogP contribution in [-0.2, 0) is 0 Å². The number of nitrogens with zero attached hydrogens (tertiary/aromatic N) is 4. The number of hydrogen-bond donors (Lipinski definition) is 2. The zero-order valence-corrected chi connectivity index (χ0v) is 26.7. The van der Waals surface area contributed by atoms with Crippen LogP contribution in [0.25, 0.3) is 4.85 Å². The van der Waals surface area contributed by atoms with Gasteiger partial charge in [-0.3, -0.25) is 4.79 Å². The third-order valence-electron chi connectivity index (χ3n) is 10.7. The summed E-state index contributed by atoms with van der Waals surface area (Å²) in [4.78, 5) is 26.5. The number of aromatic nitrogens is 1. The molecule has 4 fully saturated rings. The van der Waals surface area contributed by atoms with Gasteiger partial charge in [-0.05, 0) is 74.4 Å². The van der Waals surface area contributed by atoms with Crippen molar-refractivity contribution in [1.29, 1.82) is 0 Å². The van der Waals surface area contributed by atoms with Crippen molar-refractivity contribution in [3.63, 3.8) is 0 Å². The number of ether oxygens (including phenoxy) is 1. The molecule has 1 aliphatic carbocycles. The van der Waals surface area contributed by atoms with Crippen molar-refractivity contribution in [3.8, 4) is 5.75 Å². The van der Waals surface area contributed by atoms with Crippen LogP contribution in [0, 0.1) is 28.7 Å². The fourth-order valence-corrected chi connectivity index (χ4v) is 8.71. The van der Waals surface area contributed by atoms with Crippen molar-refractivity contribution in [1.82, 2.24) is 20.5 Å². The molecular formula is C34H45ClN6O2. The summed E-state index contributed by atoms with van der Waals surface area (Å²) in [6.07, 6.45) is 6.63. The highest BCUT2D eigenvalue weighted by Gasteiger charge is 2.64. The quantitative estimate of drug-likeness (QED) is 0.389. The highest BCUT2D eigenvalue weighted by molar-refractivity contribution is 6.33. The van der Waals surface area contributed by atoms with Crippen molar-refractivity contribution in [2.75, 3.05) is 50.7 Å². The number of halogens is 1. The van der Waals surface area contributed by atoms with E-state index < -0.39 is 0 Å². The van der Waals surface area contributed by atoms with Gasteiger partial charge in [-0.25, -0.2) is 9.83 Å². The minimum atomic E-state index is -0.314. The van der Waals surface area contributed by atoms with Gasteiger partial charge in [0.25, 0.3) is 5.91 Å². The average Bonchev–Trinajstić information content (AvgIpc) is 2.98. The second-order valence-electron chi connectivity index (χ2n) is 14.5. The van der Waals surface area contributed by atoms with Crippen LogP contribution >= 0.6 is 11.6 Å². The second-order valence-corrected chi connectivity index (χ2v) is 14.9. The predicted molar refractivity (Wildman–Crippen MR) is 171 cm³/mol. The van der Waals surface area contributed by atoms with Crippen molar-refractivity contribution in [3.05, 3.63) is 58.5 Å². The van der Waals surface area contributed by atoms with Crippen molar-refractivity contribution in [2.45, 2.75) is 65.5 Å². The summed E-state index contributed by atoms with van der Waals surface area (Å²) in [5.41, 5.74) is 0.837. The molecule has 0 atom stereocenters. The van der Waals surface area contributed by atoms with Gasteiger partial charge >= 0.3 is 0 Å². The third-order valence-corrected chi connectivity index (χ3v) is 11.0. The molecule has 8 nitrogen and oxygen atoms in total. The smallest absolute Gasteiger partial charge is 0.253 e. The molecule has 1 saturated carbocycles. The van der Waals surface area contributed by atoms with E-state index in [9.17, 15) is 4.79 Å². The molecule has 43 heavy (non-hydrogen) atoms. The van der Waals surface area contributed by atoms with Gasteiger partial charge < -0.3 is 25.2 Å². The van der Waals surface area contributed by atoms with Crippen LogP contribution in [0.15, 0.2) is 36.5 Å². The Morgan fingerprint density at radius 3 is 2.42 bits per heavy atom. The average molecular weight is 605 g/mol.